The number of carbonyl (C=O) groups is 1. The standard InChI is InChI=1S/C21H20F2N4O2/c22-15-7-5-14(6-8-15)20-16-4-2-1-3-13(16)9-10-27(20)21(28)19-11-18(25-26-24)17(23)12-29-19/h1-8,17-20H,9-12H2/t17-,18+,19-,20+/m1/s1. The Labute approximate surface area is 166 Å². The number of halogens is 2. The van der Waals surface area contributed by atoms with Crippen LogP contribution in [0.3, 0.4) is 0 Å². The first-order chi connectivity index (χ1) is 14.1. The van der Waals surface area contributed by atoms with Gasteiger partial charge in [0.15, 0.2) is 0 Å². The zero-order valence-electron chi connectivity index (χ0n) is 15.6. The maximum atomic E-state index is 13.9. The Morgan fingerprint density at radius 3 is 2.72 bits per heavy atom. The van der Waals surface area contributed by atoms with Gasteiger partial charge in [-0.2, -0.15) is 0 Å². The summed E-state index contributed by atoms with van der Waals surface area (Å²) in [6, 6.07) is 12.6. The monoisotopic (exact) mass is 398 g/mol. The molecule has 2 heterocycles. The largest absolute Gasteiger partial charge is 0.365 e. The van der Waals surface area contributed by atoms with E-state index in [1.165, 1.54) is 12.1 Å². The highest BCUT2D eigenvalue weighted by Crippen LogP contribution is 2.36. The van der Waals surface area contributed by atoms with Crippen LogP contribution in [0.5, 0.6) is 0 Å². The number of carbonyl (C=O) groups excluding carboxylic acids is 1. The number of azide groups is 1. The Hall–Kier alpha value is -2.96. The number of alkyl halides is 1. The van der Waals surface area contributed by atoms with Crippen molar-refractivity contribution in [3.8, 4) is 0 Å². The van der Waals surface area contributed by atoms with Gasteiger partial charge in [-0.1, -0.05) is 41.5 Å². The van der Waals surface area contributed by atoms with E-state index in [0.29, 0.717) is 13.0 Å². The van der Waals surface area contributed by atoms with Crippen LogP contribution in [0, 0.1) is 5.82 Å². The third-order valence-corrected chi connectivity index (χ3v) is 5.56. The molecule has 4 atom stereocenters. The summed E-state index contributed by atoms with van der Waals surface area (Å²) in [5.74, 6) is -0.628. The molecule has 0 aliphatic carbocycles. The number of ether oxygens (including phenoxy) is 1. The summed E-state index contributed by atoms with van der Waals surface area (Å²) in [7, 11) is 0. The van der Waals surface area contributed by atoms with Crippen molar-refractivity contribution in [1.82, 2.24) is 4.90 Å². The van der Waals surface area contributed by atoms with Gasteiger partial charge in [-0.3, -0.25) is 4.79 Å². The minimum Gasteiger partial charge on any atom is -0.365 e. The molecule has 0 saturated carbocycles. The lowest BCUT2D eigenvalue weighted by molar-refractivity contribution is -0.152. The number of hydrogen-bond donors (Lipinski definition) is 0. The molecule has 29 heavy (non-hydrogen) atoms. The van der Waals surface area contributed by atoms with Crippen LogP contribution < -0.4 is 0 Å². The number of benzene rings is 2. The lowest BCUT2D eigenvalue weighted by atomic mass is 9.87. The van der Waals surface area contributed by atoms with Crippen LogP contribution in [0.25, 0.3) is 10.4 Å². The molecule has 2 aliphatic heterocycles. The van der Waals surface area contributed by atoms with Crippen molar-refractivity contribution in [2.75, 3.05) is 13.2 Å². The number of hydrogen-bond acceptors (Lipinski definition) is 3. The second-order valence-electron chi connectivity index (χ2n) is 7.28. The Morgan fingerprint density at radius 1 is 1.21 bits per heavy atom. The van der Waals surface area contributed by atoms with Crippen LogP contribution in [-0.4, -0.2) is 42.3 Å². The average molecular weight is 398 g/mol. The van der Waals surface area contributed by atoms with Gasteiger partial charge in [0.25, 0.3) is 5.91 Å². The van der Waals surface area contributed by atoms with E-state index in [4.69, 9.17) is 10.3 Å². The molecule has 1 fully saturated rings. The predicted molar refractivity (Wildman–Crippen MR) is 102 cm³/mol. The van der Waals surface area contributed by atoms with Crippen LogP contribution in [-0.2, 0) is 16.0 Å². The first-order valence-corrected chi connectivity index (χ1v) is 9.52. The first-order valence-electron chi connectivity index (χ1n) is 9.52. The van der Waals surface area contributed by atoms with Gasteiger partial charge in [-0.05, 0) is 47.2 Å². The van der Waals surface area contributed by atoms with Crippen LogP contribution in [0.4, 0.5) is 8.78 Å². The Morgan fingerprint density at radius 2 is 1.97 bits per heavy atom. The van der Waals surface area contributed by atoms with Crippen LogP contribution in [0.15, 0.2) is 53.6 Å². The quantitative estimate of drug-likeness (QED) is 0.443. The van der Waals surface area contributed by atoms with Crippen molar-refractivity contribution in [2.24, 2.45) is 5.11 Å². The van der Waals surface area contributed by atoms with Crippen molar-refractivity contribution in [2.45, 2.75) is 37.2 Å². The first kappa shape index (κ1) is 19.4. The molecular weight excluding hydrogens is 378 g/mol. The predicted octanol–water partition coefficient (Wildman–Crippen LogP) is 4.11. The van der Waals surface area contributed by atoms with Crippen LogP contribution in [0.1, 0.15) is 29.2 Å². The van der Waals surface area contributed by atoms with Crippen LogP contribution in [0.2, 0.25) is 0 Å². The molecule has 2 aromatic carbocycles. The molecule has 1 amide bonds. The summed E-state index contributed by atoms with van der Waals surface area (Å²) < 4.78 is 32.9. The van der Waals surface area contributed by atoms with E-state index < -0.39 is 24.4 Å². The molecule has 0 radical (unpaired) electrons. The number of fused-ring (bicyclic) bond motifs is 1. The molecule has 2 aromatic rings. The minimum absolute atomic E-state index is 0.00164. The Bertz CT molecular complexity index is 946. The van der Waals surface area contributed by atoms with Crippen molar-refractivity contribution < 1.29 is 18.3 Å². The highest BCUT2D eigenvalue weighted by atomic mass is 19.1. The zero-order chi connectivity index (χ0) is 20.4. The lowest BCUT2D eigenvalue weighted by Gasteiger charge is -2.40. The maximum absolute atomic E-state index is 13.9. The summed E-state index contributed by atoms with van der Waals surface area (Å²) in [4.78, 5) is 17.7. The molecule has 8 heteroatoms. The fourth-order valence-electron chi connectivity index (χ4n) is 4.11. The smallest absolute Gasteiger partial charge is 0.252 e. The van der Waals surface area contributed by atoms with E-state index in [9.17, 15) is 13.6 Å². The summed E-state index contributed by atoms with van der Waals surface area (Å²) in [5.41, 5.74) is 11.6. The molecule has 0 unspecified atom stereocenters. The third kappa shape index (κ3) is 3.81. The fourth-order valence-corrected chi connectivity index (χ4v) is 4.11. The Balaban J connectivity index is 1.67. The summed E-state index contributed by atoms with van der Waals surface area (Å²) >= 11 is 0. The second-order valence-corrected chi connectivity index (χ2v) is 7.28. The van der Waals surface area contributed by atoms with Crippen molar-refractivity contribution in [3.63, 3.8) is 0 Å². The molecule has 4 rings (SSSR count). The zero-order valence-corrected chi connectivity index (χ0v) is 15.6. The van der Waals surface area contributed by atoms with Crippen molar-refractivity contribution in [1.29, 1.82) is 0 Å². The lowest BCUT2D eigenvalue weighted by Crippen LogP contribution is -2.50. The fraction of sp³-hybridized carbons (Fsp3) is 0.381. The van der Waals surface area contributed by atoms with E-state index in [0.717, 1.165) is 16.7 Å². The maximum Gasteiger partial charge on any atom is 0.252 e. The molecule has 150 valence electrons. The van der Waals surface area contributed by atoms with Gasteiger partial charge in [-0.25, -0.2) is 8.78 Å². The van der Waals surface area contributed by atoms with E-state index in [2.05, 4.69) is 10.0 Å². The molecule has 2 aliphatic rings. The van der Waals surface area contributed by atoms with Gasteiger partial charge >= 0.3 is 0 Å². The summed E-state index contributed by atoms with van der Waals surface area (Å²) in [5, 5.41) is 3.48. The van der Waals surface area contributed by atoms with E-state index in [1.807, 2.05) is 24.3 Å². The Kier molecular flexibility index (Phi) is 5.47. The number of amides is 1. The molecule has 0 spiro atoms. The molecule has 1 saturated heterocycles. The SMILES string of the molecule is [N-]=[N+]=N[C@H]1C[C@H](C(=O)N2CCc3ccccc3[C@@H]2c2ccc(F)cc2)OC[C@H]1F. The highest BCUT2D eigenvalue weighted by molar-refractivity contribution is 5.82. The molecular formula is C21H20F2N4O2. The molecule has 0 bridgehead atoms. The van der Waals surface area contributed by atoms with E-state index >= 15 is 0 Å². The van der Waals surface area contributed by atoms with E-state index in [-0.39, 0.29) is 24.8 Å². The van der Waals surface area contributed by atoms with Gasteiger partial charge in [-0.15, -0.1) is 0 Å². The average Bonchev–Trinajstić information content (AvgIpc) is 2.75. The summed E-state index contributed by atoms with van der Waals surface area (Å²) in [6.45, 7) is 0.175. The molecule has 0 N–H and O–H groups in total. The normalized spacial score (nSPS) is 26.3. The molecule has 0 aromatic heterocycles. The molecule has 6 nitrogen and oxygen atoms in total. The highest BCUT2D eigenvalue weighted by Gasteiger charge is 2.40. The van der Waals surface area contributed by atoms with Gasteiger partial charge in [0.1, 0.15) is 18.1 Å². The topological polar surface area (TPSA) is 78.3 Å². The third-order valence-electron chi connectivity index (χ3n) is 5.56. The number of rotatable bonds is 3. The summed E-state index contributed by atoms with van der Waals surface area (Å²) in [6.07, 6.45) is -1.63. The van der Waals surface area contributed by atoms with E-state index in [1.54, 1.807) is 17.0 Å². The van der Waals surface area contributed by atoms with Gasteiger partial charge < -0.3 is 9.64 Å². The van der Waals surface area contributed by atoms with Crippen LogP contribution >= 0.6 is 0 Å². The van der Waals surface area contributed by atoms with Gasteiger partial charge in [0.2, 0.25) is 0 Å². The van der Waals surface area contributed by atoms with Crippen molar-refractivity contribution >= 4 is 5.91 Å². The minimum atomic E-state index is -1.43. The van der Waals surface area contributed by atoms with Crippen molar-refractivity contribution in [3.05, 3.63) is 81.5 Å². The second kappa shape index (κ2) is 8.19. The van der Waals surface area contributed by atoms with Gasteiger partial charge in [0, 0.05) is 11.5 Å². The van der Waals surface area contributed by atoms with Gasteiger partial charge in [0.05, 0.1) is 18.7 Å². The number of nitrogens with zero attached hydrogens (tertiary/aromatic N) is 4.